The molecular weight excluding hydrogens is 242 g/mol. The third-order valence-corrected chi connectivity index (χ3v) is 2.92. The maximum absolute atomic E-state index is 11.8. The van der Waals surface area contributed by atoms with E-state index in [1.807, 2.05) is 44.2 Å². The molecule has 0 heterocycles. The lowest BCUT2D eigenvalue weighted by molar-refractivity contribution is -0.142. The van der Waals surface area contributed by atoms with Gasteiger partial charge in [-0.15, -0.1) is 0 Å². The van der Waals surface area contributed by atoms with Gasteiger partial charge in [0.25, 0.3) is 0 Å². The summed E-state index contributed by atoms with van der Waals surface area (Å²) < 4.78 is 10.3. The van der Waals surface area contributed by atoms with Crippen molar-refractivity contribution >= 4 is 5.97 Å². The number of methoxy groups -OCH3 is 1. The molecule has 0 saturated carbocycles. The molecule has 19 heavy (non-hydrogen) atoms. The van der Waals surface area contributed by atoms with Crippen LogP contribution < -0.4 is 5.32 Å². The predicted molar refractivity (Wildman–Crippen MR) is 75.2 cm³/mol. The lowest BCUT2D eigenvalue weighted by Gasteiger charge is -2.18. The standard InChI is InChI=1S/C15H23NO3/c1-4-19-12(2)10-16-11-14(15(17)18-3)13-8-6-5-7-9-13/h5-9,12,14,16H,4,10-11H2,1-3H3. The molecule has 0 radical (unpaired) electrons. The Balaban J connectivity index is 2.55. The summed E-state index contributed by atoms with van der Waals surface area (Å²) in [7, 11) is 1.42. The van der Waals surface area contributed by atoms with Crippen molar-refractivity contribution < 1.29 is 14.3 Å². The van der Waals surface area contributed by atoms with E-state index in [1.54, 1.807) is 0 Å². The molecule has 0 aliphatic rings. The molecule has 1 aromatic rings. The fraction of sp³-hybridized carbons (Fsp3) is 0.533. The van der Waals surface area contributed by atoms with Crippen molar-refractivity contribution in [3.8, 4) is 0 Å². The fourth-order valence-corrected chi connectivity index (χ4v) is 1.94. The van der Waals surface area contributed by atoms with Gasteiger partial charge in [-0.25, -0.2) is 0 Å². The molecule has 4 heteroatoms. The highest BCUT2D eigenvalue weighted by Crippen LogP contribution is 2.16. The summed E-state index contributed by atoms with van der Waals surface area (Å²) in [6.07, 6.45) is 0.138. The number of carbonyl (C=O) groups excluding carboxylic acids is 1. The average Bonchev–Trinajstić information content (AvgIpc) is 2.44. The molecule has 1 aromatic carbocycles. The van der Waals surface area contributed by atoms with Gasteiger partial charge in [0.1, 0.15) is 0 Å². The van der Waals surface area contributed by atoms with Gasteiger partial charge in [0.2, 0.25) is 0 Å². The van der Waals surface area contributed by atoms with E-state index in [2.05, 4.69) is 5.32 Å². The molecular formula is C15H23NO3. The Morgan fingerprint density at radius 1 is 1.26 bits per heavy atom. The number of benzene rings is 1. The quantitative estimate of drug-likeness (QED) is 0.730. The van der Waals surface area contributed by atoms with Gasteiger partial charge < -0.3 is 14.8 Å². The van der Waals surface area contributed by atoms with Crippen LogP contribution in [0, 0.1) is 0 Å². The Labute approximate surface area is 115 Å². The number of nitrogens with one attached hydrogen (secondary N) is 1. The predicted octanol–water partition coefficient (Wildman–Crippen LogP) is 1.96. The molecule has 0 bridgehead atoms. The number of hydrogen-bond acceptors (Lipinski definition) is 4. The smallest absolute Gasteiger partial charge is 0.314 e. The van der Waals surface area contributed by atoms with Gasteiger partial charge in [0.15, 0.2) is 0 Å². The number of hydrogen-bond donors (Lipinski definition) is 1. The van der Waals surface area contributed by atoms with Crippen molar-refractivity contribution in [2.45, 2.75) is 25.9 Å². The molecule has 0 aliphatic heterocycles. The zero-order chi connectivity index (χ0) is 14.1. The van der Waals surface area contributed by atoms with Crippen LogP contribution in [0.25, 0.3) is 0 Å². The average molecular weight is 265 g/mol. The van der Waals surface area contributed by atoms with Gasteiger partial charge in [-0.1, -0.05) is 30.3 Å². The highest BCUT2D eigenvalue weighted by Gasteiger charge is 2.20. The minimum atomic E-state index is -0.278. The molecule has 0 saturated heterocycles. The van der Waals surface area contributed by atoms with Crippen LogP contribution in [0.5, 0.6) is 0 Å². The maximum atomic E-state index is 11.8. The molecule has 0 fully saturated rings. The molecule has 1 rings (SSSR count). The Kier molecular flexibility index (Phi) is 7.15. The zero-order valence-corrected chi connectivity index (χ0v) is 11.9. The van der Waals surface area contributed by atoms with Crippen molar-refractivity contribution in [1.82, 2.24) is 5.32 Å². The number of carbonyl (C=O) groups is 1. The summed E-state index contributed by atoms with van der Waals surface area (Å²) in [4.78, 5) is 11.8. The topological polar surface area (TPSA) is 47.6 Å². The van der Waals surface area contributed by atoms with E-state index < -0.39 is 0 Å². The van der Waals surface area contributed by atoms with Crippen molar-refractivity contribution in [1.29, 1.82) is 0 Å². The first-order valence-corrected chi connectivity index (χ1v) is 6.64. The van der Waals surface area contributed by atoms with E-state index in [0.29, 0.717) is 19.7 Å². The molecule has 0 spiro atoms. The second kappa shape index (κ2) is 8.67. The molecule has 2 atom stereocenters. The molecule has 0 aromatic heterocycles. The number of ether oxygens (including phenoxy) is 2. The lowest BCUT2D eigenvalue weighted by atomic mass is 9.99. The van der Waals surface area contributed by atoms with Gasteiger partial charge in [-0.3, -0.25) is 4.79 Å². The summed E-state index contributed by atoms with van der Waals surface area (Å²) in [6.45, 7) is 5.94. The summed E-state index contributed by atoms with van der Waals surface area (Å²) in [5.41, 5.74) is 0.964. The Hall–Kier alpha value is -1.39. The van der Waals surface area contributed by atoms with Crippen LogP contribution in [0.3, 0.4) is 0 Å². The van der Waals surface area contributed by atoms with Crippen molar-refractivity contribution in [2.24, 2.45) is 0 Å². The van der Waals surface area contributed by atoms with Gasteiger partial charge in [-0.2, -0.15) is 0 Å². The molecule has 106 valence electrons. The first kappa shape index (κ1) is 15.7. The first-order valence-electron chi connectivity index (χ1n) is 6.64. The number of rotatable bonds is 8. The van der Waals surface area contributed by atoms with Crippen LogP contribution in [-0.2, 0) is 14.3 Å². The second-order valence-corrected chi connectivity index (χ2v) is 4.41. The van der Waals surface area contributed by atoms with Crippen molar-refractivity contribution in [3.05, 3.63) is 35.9 Å². The third-order valence-electron chi connectivity index (χ3n) is 2.92. The van der Waals surface area contributed by atoms with Crippen LogP contribution in [0.1, 0.15) is 25.3 Å². The highest BCUT2D eigenvalue weighted by atomic mass is 16.5. The van der Waals surface area contributed by atoms with Gasteiger partial charge in [-0.05, 0) is 19.4 Å². The van der Waals surface area contributed by atoms with E-state index in [1.165, 1.54) is 7.11 Å². The third kappa shape index (κ3) is 5.41. The monoisotopic (exact) mass is 265 g/mol. The first-order chi connectivity index (χ1) is 9.19. The van der Waals surface area contributed by atoms with Crippen LogP contribution in [-0.4, -0.2) is 38.9 Å². The van der Waals surface area contributed by atoms with Gasteiger partial charge in [0, 0.05) is 19.7 Å². The van der Waals surface area contributed by atoms with Crippen molar-refractivity contribution in [3.63, 3.8) is 0 Å². The van der Waals surface area contributed by atoms with E-state index >= 15 is 0 Å². The SMILES string of the molecule is CCOC(C)CNCC(C(=O)OC)c1ccccc1. The maximum Gasteiger partial charge on any atom is 0.314 e. The van der Waals surface area contributed by atoms with Gasteiger partial charge in [0.05, 0.1) is 19.1 Å². The van der Waals surface area contributed by atoms with Crippen molar-refractivity contribution in [2.75, 3.05) is 26.8 Å². The minimum Gasteiger partial charge on any atom is -0.469 e. The molecule has 0 aliphatic carbocycles. The van der Waals surface area contributed by atoms with Crippen LogP contribution in [0.2, 0.25) is 0 Å². The molecule has 2 unspecified atom stereocenters. The van der Waals surface area contributed by atoms with E-state index in [9.17, 15) is 4.79 Å². The van der Waals surface area contributed by atoms with Crippen LogP contribution in [0.15, 0.2) is 30.3 Å². The highest BCUT2D eigenvalue weighted by molar-refractivity contribution is 5.78. The Morgan fingerprint density at radius 2 is 1.95 bits per heavy atom. The summed E-state index contributed by atoms with van der Waals surface area (Å²) >= 11 is 0. The van der Waals surface area contributed by atoms with E-state index in [0.717, 1.165) is 5.56 Å². The van der Waals surface area contributed by atoms with Crippen LogP contribution >= 0.6 is 0 Å². The fourth-order valence-electron chi connectivity index (χ4n) is 1.94. The van der Waals surface area contributed by atoms with E-state index in [-0.39, 0.29) is 18.0 Å². The normalized spacial score (nSPS) is 13.8. The summed E-state index contributed by atoms with van der Waals surface area (Å²) in [5, 5.41) is 3.26. The Morgan fingerprint density at radius 3 is 2.53 bits per heavy atom. The Bertz CT molecular complexity index is 367. The zero-order valence-electron chi connectivity index (χ0n) is 11.9. The molecule has 4 nitrogen and oxygen atoms in total. The van der Waals surface area contributed by atoms with E-state index in [4.69, 9.17) is 9.47 Å². The minimum absolute atomic E-state index is 0.138. The largest absolute Gasteiger partial charge is 0.469 e. The second-order valence-electron chi connectivity index (χ2n) is 4.41. The van der Waals surface area contributed by atoms with Crippen LogP contribution in [0.4, 0.5) is 0 Å². The summed E-state index contributed by atoms with van der Waals surface area (Å²) in [6, 6.07) is 9.66. The molecule has 1 N–H and O–H groups in total. The summed E-state index contributed by atoms with van der Waals surface area (Å²) in [5.74, 6) is -0.497. The van der Waals surface area contributed by atoms with Gasteiger partial charge >= 0.3 is 5.97 Å². The molecule has 0 amide bonds. The number of esters is 1. The lowest BCUT2D eigenvalue weighted by Crippen LogP contribution is -2.33.